The van der Waals surface area contributed by atoms with Crippen LogP contribution in [0.2, 0.25) is 5.02 Å². The van der Waals surface area contributed by atoms with E-state index in [1.807, 2.05) is 0 Å². The summed E-state index contributed by atoms with van der Waals surface area (Å²) in [5.74, 6) is -1.08. The fraction of sp³-hybridized carbons (Fsp3) is 0.231. The van der Waals surface area contributed by atoms with Gasteiger partial charge in [0.05, 0.1) is 17.3 Å². The Hall–Kier alpha value is -2.02. The van der Waals surface area contributed by atoms with Gasteiger partial charge in [0.25, 0.3) is 0 Å². The smallest absolute Gasteiger partial charge is 0.436 e. The van der Waals surface area contributed by atoms with Crippen molar-refractivity contribution in [2.45, 2.75) is 13.1 Å². The Morgan fingerprint density at radius 1 is 1.38 bits per heavy atom. The van der Waals surface area contributed by atoms with Crippen molar-refractivity contribution in [2.75, 3.05) is 6.61 Å². The summed E-state index contributed by atoms with van der Waals surface area (Å²) in [5.41, 5.74) is -1.72. The molecule has 21 heavy (non-hydrogen) atoms. The van der Waals surface area contributed by atoms with Crippen LogP contribution < -0.4 is 0 Å². The number of para-hydroxylation sites is 1. The second-order valence-corrected chi connectivity index (χ2v) is 4.41. The van der Waals surface area contributed by atoms with E-state index in [4.69, 9.17) is 11.6 Å². The molecule has 0 spiro atoms. The molecule has 1 heterocycles. The van der Waals surface area contributed by atoms with E-state index < -0.39 is 23.4 Å². The number of hydrogen-bond acceptors (Lipinski definition) is 3. The number of halogens is 4. The van der Waals surface area contributed by atoms with Crippen LogP contribution in [0.3, 0.4) is 0 Å². The molecule has 0 unspecified atom stereocenters. The second-order valence-electron chi connectivity index (χ2n) is 4.01. The number of alkyl halides is 3. The van der Waals surface area contributed by atoms with Crippen molar-refractivity contribution < 1.29 is 22.7 Å². The van der Waals surface area contributed by atoms with Gasteiger partial charge in [0.1, 0.15) is 5.56 Å². The first kappa shape index (κ1) is 15.4. The molecule has 2 aromatic rings. The minimum absolute atomic E-state index is 0.0343. The molecular weight excluding hydrogens is 309 g/mol. The van der Waals surface area contributed by atoms with Gasteiger partial charge in [-0.15, -0.1) is 0 Å². The zero-order valence-corrected chi connectivity index (χ0v) is 11.6. The highest BCUT2D eigenvalue weighted by Gasteiger charge is 2.40. The number of nitrogens with zero attached hydrogens (tertiary/aromatic N) is 2. The lowest BCUT2D eigenvalue weighted by Gasteiger charge is -2.05. The Morgan fingerprint density at radius 2 is 2.05 bits per heavy atom. The number of hydrogen-bond donors (Lipinski definition) is 0. The molecule has 0 amide bonds. The zero-order chi connectivity index (χ0) is 15.6. The molecule has 0 N–H and O–H groups in total. The number of benzene rings is 1. The van der Waals surface area contributed by atoms with Gasteiger partial charge in [0, 0.05) is 6.20 Å². The predicted molar refractivity (Wildman–Crippen MR) is 69.5 cm³/mol. The molecule has 0 aliphatic rings. The number of esters is 1. The Labute approximate surface area is 123 Å². The van der Waals surface area contributed by atoms with Gasteiger partial charge < -0.3 is 4.74 Å². The number of carbonyl (C=O) groups excluding carboxylic acids is 1. The maximum Gasteiger partial charge on any atom is 0.436 e. The largest absolute Gasteiger partial charge is 0.462 e. The molecule has 0 radical (unpaired) electrons. The fourth-order valence-corrected chi connectivity index (χ4v) is 1.92. The van der Waals surface area contributed by atoms with E-state index in [-0.39, 0.29) is 17.3 Å². The van der Waals surface area contributed by atoms with Gasteiger partial charge in [-0.3, -0.25) is 0 Å². The first-order valence-corrected chi connectivity index (χ1v) is 6.31. The molecule has 2 rings (SSSR count). The predicted octanol–water partition coefficient (Wildman–Crippen LogP) is 3.72. The highest BCUT2D eigenvalue weighted by atomic mass is 35.5. The lowest BCUT2D eigenvalue weighted by atomic mass is 10.2. The third-order valence-corrected chi connectivity index (χ3v) is 2.90. The molecule has 0 saturated carbocycles. The average molecular weight is 319 g/mol. The summed E-state index contributed by atoms with van der Waals surface area (Å²) in [6.07, 6.45) is -3.81. The maximum absolute atomic E-state index is 13.0. The van der Waals surface area contributed by atoms with Crippen molar-refractivity contribution in [3.63, 3.8) is 0 Å². The zero-order valence-electron chi connectivity index (χ0n) is 10.8. The van der Waals surface area contributed by atoms with Crippen LogP contribution in [0.5, 0.6) is 0 Å². The first-order valence-electron chi connectivity index (χ1n) is 5.93. The minimum Gasteiger partial charge on any atom is -0.462 e. The van der Waals surface area contributed by atoms with Crippen molar-refractivity contribution in [2.24, 2.45) is 0 Å². The van der Waals surface area contributed by atoms with Crippen LogP contribution in [-0.2, 0) is 10.9 Å². The van der Waals surface area contributed by atoms with Crippen LogP contribution in [0.15, 0.2) is 30.5 Å². The molecule has 112 valence electrons. The molecule has 0 saturated heterocycles. The van der Waals surface area contributed by atoms with Crippen molar-refractivity contribution in [1.29, 1.82) is 0 Å². The van der Waals surface area contributed by atoms with Gasteiger partial charge >= 0.3 is 12.1 Å². The van der Waals surface area contributed by atoms with Crippen LogP contribution in [0.25, 0.3) is 5.69 Å². The van der Waals surface area contributed by atoms with Gasteiger partial charge in [-0.1, -0.05) is 23.7 Å². The SMILES string of the molecule is CCOC(=O)c1cn(-c2ccccc2Cl)nc1C(F)(F)F. The van der Waals surface area contributed by atoms with Gasteiger partial charge in [-0.25, -0.2) is 9.48 Å². The standard InChI is InChI=1S/C13H10ClF3N2O2/c1-2-21-12(20)8-7-19(18-11(8)13(15,16)17)10-6-4-3-5-9(10)14/h3-7H,2H2,1H3. The van der Waals surface area contributed by atoms with E-state index in [1.165, 1.54) is 19.1 Å². The number of aromatic nitrogens is 2. The molecule has 0 aliphatic carbocycles. The van der Waals surface area contributed by atoms with Gasteiger partial charge in [-0.05, 0) is 19.1 Å². The number of rotatable bonds is 3. The average Bonchev–Trinajstić information content (AvgIpc) is 2.84. The van der Waals surface area contributed by atoms with Crippen LogP contribution in [-0.4, -0.2) is 22.4 Å². The van der Waals surface area contributed by atoms with E-state index in [1.54, 1.807) is 12.1 Å². The Bertz CT molecular complexity index is 668. The topological polar surface area (TPSA) is 44.1 Å². The highest BCUT2D eigenvalue weighted by Crippen LogP contribution is 2.32. The van der Waals surface area contributed by atoms with Crippen LogP contribution in [0.4, 0.5) is 13.2 Å². The Kier molecular flexibility index (Phi) is 4.22. The summed E-state index contributed by atoms with van der Waals surface area (Å²) in [6.45, 7) is 1.47. The van der Waals surface area contributed by atoms with E-state index in [2.05, 4.69) is 9.84 Å². The second kappa shape index (κ2) is 5.77. The van der Waals surface area contributed by atoms with E-state index in [0.717, 1.165) is 10.9 Å². The molecular formula is C13H10ClF3N2O2. The summed E-state index contributed by atoms with van der Waals surface area (Å²) in [5, 5.41) is 3.63. The summed E-state index contributed by atoms with van der Waals surface area (Å²) in [4.78, 5) is 11.6. The highest BCUT2D eigenvalue weighted by molar-refractivity contribution is 6.32. The van der Waals surface area contributed by atoms with Gasteiger partial charge in [0.15, 0.2) is 5.69 Å². The van der Waals surface area contributed by atoms with Crippen LogP contribution >= 0.6 is 11.6 Å². The normalized spacial score (nSPS) is 11.5. The van der Waals surface area contributed by atoms with Crippen molar-refractivity contribution in [3.8, 4) is 5.69 Å². The van der Waals surface area contributed by atoms with Crippen molar-refractivity contribution >= 4 is 17.6 Å². The van der Waals surface area contributed by atoms with Crippen LogP contribution in [0, 0.1) is 0 Å². The van der Waals surface area contributed by atoms with E-state index >= 15 is 0 Å². The van der Waals surface area contributed by atoms with Crippen molar-refractivity contribution in [3.05, 3.63) is 46.7 Å². The van der Waals surface area contributed by atoms with Gasteiger partial charge in [-0.2, -0.15) is 18.3 Å². The summed E-state index contributed by atoms with van der Waals surface area (Å²) in [7, 11) is 0. The van der Waals surface area contributed by atoms with Crippen molar-refractivity contribution in [1.82, 2.24) is 9.78 Å². The molecule has 0 aliphatic heterocycles. The van der Waals surface area contributed by atoms with E-state index in [0.29, 0.717) is 0 Å². The Morgan fingerprint density at radius 3 is 2.62 bits per heavy atom. The molecule has 1 aromatic carbocycles. The third-order valence-electron chi connectivity index (χ3n) is 2.58. The Balaban J connectivity index is 2.56. The van der Waals surface area contributed by atoms with Crippen LogP contribution in [0.1, 0.15) is 23.0 Å². The van der Waals surface area contributed by atoms with Gasteiger partial charge in [0.2, 0.25) is 0 Å². The molecule has 0 atom stereocenters. The summed E-state index contributed by atoms with van der Waals surface area (Å²) >= 11 is 5.92. The quantitative estimate of drug-likeness (QED) is 0.810. The number of ether oxygens (including phenoxy) is 1. The minimum atomic E-state index is -4.77. The monoisotopic (exact) mass is 318 g/mol. The third kappa shape index (κ3) is 3.18. The lowest BCUT2D eigenvalue weighted by Crippen LogP contribution is -2.14. The number of carbonyl (C=O) groups is 1. The lowest BCUT2D eigenvalue weighted by molar-refractivity contribution is -0.141. The maximum atomic E-state index is 13.0. The first-order chi connectivity index (χ1) is 9.84. The molecule has 0 fully saturated rings. The molecule has 4 nitrogen and oxygen atoms in total. The van der Waals surface area contributed by atoms with E-state index in [9.17, 15) is 18.0 Å². The molecule has 8 heteroatoms. The molecule has 1 aromatic heterocycles. The fourth-order valence-electron chi connectivity index (χ4n) is 1.70. The summed E-state index contributed by atoms with van der Waals surface area (Å²) in [6, 6.07) is 6.23. The summed E-state index contributed by atoms with van der Waals surface area (Å²) < 4.78 is 44.4. The molecule has 0 bridgehead atoms.